The van der Waals surface area contributed by atoms with Gasteiger partial charge in [-0.2, -0.15) is 13.2 Å². The standard InChI is InChI=1S/C22H24F3NO5/c1-2-3-6-15-17(30-12-5-4-11-26-18(27)9-10-19(26)28)8-7-14-16(22(23,24)25)13-20(29)31-21(14)15/h7-8,13H,2-6,9-12H2,1H3. The van der Waals surface area contributed by atoms with E-state index in [0.29, 0.717) is 49.6 Å². The number of hydrogen-bond donors (Lipinski definition) is 0. The maximum atomic E-state index is 13.4. The number of fused-ring (bicyclic) bond motifs is 1. The lowest BCUT2D eigenvalue weighted by atomic mass is 10.0. The molecule has 9 heteroatoms. The minimum Gasteiger partial charge on any atom is -0.493 e. The lowest BCUT2D eigenvalue weighted by Gasteiger charge is -2.16. The number of alkyl halides is 3. The molecule has 1 saturated heterocycles. The minimum atomic E-state index is -4.68. The van der Waals surface area contributed by atoms with Crippen molar-refractivity contribution in [3.8, 4) is 5.75 Å². The minimum absolute atomic E-state index is 0.0981. The molecule has 2 heterocycles. The van der Waals surface area contributed by atoms with Gasteiger partial charge in [0.1, 0.15) is 11.3 Å². The van der Waals surface area contributed by atoms with Crippen molar-refractivity contribution in [3.05, 3.63) is 39.7 Å². The van der Waals surface area contributed by atoms with E-state index in [9.17, 15) is 27.6 Å². The highest BCUT2D eigenvalue weighted by atomic mass is 19.4. The van der Waals surface area contributed by atoms with Crippen LogP contribution in [0, 0.1) is 0 Å². The molecule has 1 fully saturated rings. The molecular formula is C22H24F3NO5. The zero-order chi connectivity index (χ0) is 22.6. The van der Waals surface area contributed by atoms with Crippen molar-refractivity contribution in [1.29, 1.82) is 0 Å². The van der Waals surface area contributed by atoms with Crippen LogP contribution >= 0.6 is 0 Å². The number of carbonyl (C=O) groups is 2. The van der Waals surface area contributed by atoms with Crippen molar-refractivity contribution in [2.75, 3.05) is 13.2 Å². The molecule has 168 valence electrons. The predicted molar refractivity (Wildman–Crippen MR) is 107 cm³/mol. The Labute approximate surface area is 177 Å². The predicted octanol–water partition coefficient (Wildman–Crippen LogP) is 4.46. The molecule has 1 aromatic carbocycles. The van der Waals surface area contributed by atoms with E-state index in [-0.39, 0.29) is 42.2 Å². The summed E-state index contributed by atoms with van der Waals surface area (Å²) in [4.78, 5) is 36.3. The third kappa shape index (κ3) is 5.26. The van der Waals surface area contributed by atoms with Gasteiger partial charge in [-0.15, -0.1) is 0 Å². The highest BCUT2D eigenvalue weighted by Gasteiger charge is 2.34. The Balaban J connectivity index is 1.77. The van der Waals surface area contributed by atoms with Crippen LogP contribution in [0.4, 0.5) is 13.2 Å². The largest absolute Gasteiger partial charge is 0.493 e. The summed E-state index contributed by atoms with van der Waals surface area (Å²) in [6.07, 6.45) is -1.17. The average Bonchev–Trinajstić information content (AvgIpc) is 3.03. The summed E-state index contributed by atoms with van der Waals surface area (Å²) in [7, 11) is 0. The first kappa shape index (κ1) is 22.8. The van der Waals surface area contributed by atoms with Gasteiger partial charge in [0.2, 0.25) is 11.8 Å². The zero-order valence-electron chi connectivity index (χ0n) is 17.2. The molecule has 2 aromatic rings. The van der Waals surface area contributed by atoms with E-state index >= 15 is 0 Å². The molecule has 0 N–H and O–H groups in total. The third-order valence-corrected chi connectivity index (χ3v) is 5.25. The smallest absolute Gasteiger partial charge is 0.417 e. The lowest BCUT2D eigenvalue weighted by molar-refractivity contribution is -0.138. The number of benzene rings is 1. The van der Waals surface area contributed by atoms with E-state index in [2.05, 4.69) is 0 Å². The zero-order valence-corrected chi connectivity index (χ0v) is 17.2. The van der Waals surface area contributed by atoms with Crippen molar-refractivity contribution >= 4 is 22.8 Å². The maximum Gasteiger partial charge on any atom is 0.417 e. The fraction of sp³-hybridized carbons (Fsp3) is 0.500. The number of imide groups is 1. The Morgan fingerprint density at radius 3 is 2.42 bits per heavy atom. The number of hydrogen-bond acceptors (Lipinski definition) is 5. The molecule has 1 aliphatic rings. The molecule has 0 unspecified atom stereocenters. The monoisotopic (exact) mass is 439 g/mol. The number of amides is 2. The Kier molecular flexibility index (Phi) is 7.02. The van der Waals surface area contributed by atoms with Crippen LogP contribution < -0.4 is 10.4 Å². The Morgan fingerprint density at radius 2 is 1.77 bits per heavy atom. The second-order valence-corrected chi connectivity index (χ2v) is 7.49. The molecule has 31 heavy (non-hydrogen) atoms. The first-order chi connectivity index (χ1) is 14.7. The summed E-state index contributed by atoms with van der Waals surface area (Å²) in [6.45, 7) is 2.53. The molecular weight excluding hydrogens is 415 g/mol. The second-order valence-electron chi connectivity index (χ2n) is 7.49. The molecule has 1 aliphatic heterocycles. The SMILES string of the molecule is CCCCc1c(OCCCCN2C(=O)CCC2=O)ccc2c(C(F)(F)F)cc(=O)oc12. The quantitative estimate of drug-likeness (QED) is 0.328. The van der Waals surface area contributed by atoms with Crippen molar-refractivity contribution in [1.82, 2.24) is 4.90 Å². The summed E-state index contributed by atoms with van der Waals surface area (Å²) in [6, 6.07) is 3.19. The van der Waals surface area contributed by atoms with Gasteiger partial charge in [-0.25, -0.2) is 4.79 Å². The fourth-order valence-corrected chi connectivity index (χ4v) is 3.65. The molecule has 0 radical (unpaired) electrons. The van der Waals surface area contributed by atoms with Crippen molar-refractivity contribution in [3.63, 3.8) is 0 Å². The van der Waals surface area contributed by atoms with Gasteiger partial charge in [0.25, 0.3) is 0 Å². The number of unbranched alkanes of at least 4 members (excludes halogenated alkanes) is 2. The van der Waals surface area contributed by atoms with Crippen LogP contribution in [0.1, 0.15) is 56.6 Å². The number of likely N-dealkylation sites (tertiary alicyclic amines) is 1. The van der Waals surface area contributed by atoms with Gasteiger partial charge in [-0.1, -0.05) is 13.3 Å². The molecule has 2 amide bonds. The molecule has 0 bridgehead atoms. The second kappa shape index (κ2) is 9.53. The van der Waals surface area contributed by atoms with Gasteiger partial charge in [0, 0.05) is 36.4 Å². The number of carbonyl (C=O) groups excluding carboxylic acids is 2. The summed E-state index contributed by atoms with van der Waals surface area (Å²) in [5.41, 5.74) is -1.75. The van der Waals surface area contributed by atoms with E-state index in [1.54, 1.807) is 0 Å². The fourth-order valence-electron chi connectivity index (χ4n) is 3.65. The van der Waals surface area contributed by atoms with E-state index in [4.69, 9.17) is 9.15 Å². The van der Waals surface area contributed by atoms with Crippen LogP contribution in [0.2, 0.25) is 0 Å². The Bertz CT molecular complexity index is 1010. The summed E-state index contributed by atoms with van der Waals surface area (Å²) >= 11 is 0. The van der Waals surface area contributed by atoms with Crippen LogP contribution in [0.15, 0.2) is 27.4 Å². The number of aryl methyl sites for hydroxylation is 1. The van der Waals surface area contributed by atoms with Crippen LogP contribution in [0.25, 0.3) is 11.0 Å². The molecule has 1 aromatic heterocycles. The molecule has 3 rings (SSSR count). The Morgan fingerprint density at radius 1 is 1.06 bits per heavy atom. The van der Waals surface area contributed by atoms with Gasteiger partial charge in [-0.05, 0) is 37.8 Å². The third-order valence-electron chi connectivity index (χ3n) is 5.25. The van der Waals surface area contributed by atoms with E-state index in [1.165, 1.54) is 17.0 Å². The summed E-state index contributed by atoms with van der Waals surface area (Å²) < 4.78 is 51.1. The summed E-state index contributed by atoms with van der Waals surface area (Å²) in [5, 5.41) is -0.170. The van der Waals surface area contributed by atoms with Gasteiger partial charge in [-0.3, -0.25) is 14.5 Å². The molecule has 0 spiro atoms. The van der Waals surface area contributed by atoms with Crippen molar-refractivity contribution in [2.24, 2.45) is 0 Å². The van der Waals surface area contributed by atoms with E-state index in [1.807, 2.05) is 6.92 Å². The number of ether oxygens (including phenoxy) is 1. The summed E-state index contributed by atoms with van der Waals surface area (Å²) in [5.74, 6) is 0.0346. The highest BCUT2D eigenvalue weighted by Crippen LogP contribution is 2.37. The molecule has 0 aliphatic carbocycles. The molecule has 0 saturated carbocycles. The topological polar surface area (TPSA) is 76.8 Å². The van der Waals surface area contributed by atoms with Gasteiger partial charge in [0.05, 0.1) is 12.2 Å². The average molecular weight is 439 g/mol. The lowest BCUT2D eigenvalue weighted by Crippen LogP contribution is -2.30. The number of rotatable bonds is 9. The molecule has 0 atom stereocenters. The van der Waals surface area contributed by atoms with E-state index in [0.717, 1.165) is 6.42 Å². The Hall–Kier alpha value is -2.84. The normalized spacial score (nSPS) is 14.6. The van der Waals surface area contributed by atoms with Crippen LogP contribution in [-0.4, -0.2) is 29.9 Å². The van der Waals surface area contributed by atoms with Crippen LogP contribution in [0.5, 0.6) is 5.75 Å². The van der Waals surface area contributed by atoms with Crippen molar-refractivity contribution < 1.29 is 31.9 Å². The van der Waals surface area contributed by atoms with E-state index < -0.39 is 17.4 Å². The first-order valence-electron chi connectivity index (χ1n) is 10.3. The number of halogens is 3. The van der Waals surface area contributed by atoms with Crippen molar-refractivity contribution in [2.45, 2.75) is 58.0 Å². The van der Waals surface area contributed by atoms with Crippen LogP contribution in [-0.2, 0) is 22.2 Å². The van der Waals surface area contributed by atoms with Gasteiger partial charge in [0.15, 0.2) is 0 Å². The highest BCUT2D eigenvalue weighted by molar-refractivity contribution is 6.01. The number of nitrogens with zero attached hydrogens (tertiary/aromatic N) is 1. The van der Waals surface area contributed by atoms with Gasteiger partial charge >= 0.3 is 11.8 Å². The first-order valence-corrected chi connectivity index (χ1v) is 10.3. The molecule has 6 nitrogen and oxygen atoms in total. The maximum absolute atomic E-state index is 13.4. The van der Waals surface area contributed by atoms with Crippen LogP contribution in [0.3, 0.4) is 0 Å². The van der Waals surface area contributed by atoms with Gasteiger partial charge < -0.3 is 9.15 Å².